The van der Waals surface area contributed by atoms with Gasteiger partial charge in [-0.2, -0.15) is 4.99 Å². The summed E-state index contributed by atoms with van der Waals surface area (Å²) in [5.74, 6) is -0.292. The van der Waals surface area contributed by atoms with Crippen molar-refractivity contribution in [2.24, 2.45) is 4.99 Å². The van der Waals surface area contributed by atoms with Gasteiger partial charge in [-0.1, -0.05) is 53.3 Å². The summed E-state index contributed by atoms with van der Waals surface area (Å²) in [5, 5.41) is 0.701. The summed E-state index contributed by atoms with van der Waals surface area (Å²) < 4.78 is 8.57. The van der Waals surface area contributed by atoms with E-state index in [1.807, 2.05) is 60.9 Å². The molecule has 1 heterocycles. The highest BCUT2D eigenvalue weighted by Gasteiger charge is 2.11. The van der Waals surface area contributed by atoms with Gasteiger partial charge in [-0.05, 0) is 43.2 Å². The van der Waals surface area contributed by atoms with Crippen molar-refractivity contribution < 1.29 is 9.53 Å². The van der Waals surface area contributed by atoms with E-state index in [-0.39, 0.29) is 5.91 Å². The first-order chi connectivity index (χ1) is 13.1. The summed E-state index contributed by atoms with van der Waals surface area (Å²) in [7, 11) is 0. The first-order valence-corrected chi connectivity index (χ1v) is 9.97. The molecule has 3 aromatic rings. The van der Waals surface area contributed by atoms with E-state index in [4.69, 9.17) is 16.3 Å². The summed E-state index contributed by atoms with van der Waals surface area (Å²) in [6.07, 6.45) is 3.26. The Bertz CT molecular complexity index is 1040. The van der Waals surface area contributed by atoms with Crippen molar-refractivity contribution in [3.05, 3.63) is 69.5 Å². The van der Waals surface area contributed by atoms with Gasteiger partial charge in [0.25, 0.3) is 5.91 Å². The first-order valence-electron chi connectivity index (χ1n) is 8.78. The Balaban J connectivity index is 2.00. The molecule has 0 saturated heterocycles. The molecule has 0 aliphatic rings. The molecule has 140 valence electrons. The molecular formula is C21H21ClN2O2S. The van der Waals surface area contributed by atoms with Crippen LogP contribution in [0.2, 0.25) is 5.02 Å². The maximum absolute atomic E-state index is 12.4. The number of hydrogen-bond acceptors (Lipinski definition) is 3. The molecule has 1 aromatic heterocycles. The number of nitrogens with zero attached hydrogens (tertiary/aromatic N) is 2. The highest BCUT2D eigenvalue weighted by Crippen LogP contribution is 2.27. The van der Waals surface area contributed by atoms with E-state index in [9.17, 15) is 4.79 Å². The number of ether oxygens (including phenoxy) is 1. The van der Waals surface area contributed by atoms with Crippen molar-refractivity contribution in [3.63, 3.8) is 0 Å². The van der Waals surface area contributed by atoms with Gasteiger partial charge in [0, 0.05) is 24.3 Å². The average molecular weight is 401 g/mol. The van der Waals surface area contributed by atoms with E-state index in [1.165, 1.54) is 17.4 Å². The van der Waals surface area contributed by atoms with Crippen LogP contribution < -0.4 is 4.80 Å². The fourth-order valence-corrected chi connectivity index (χ4v) is 4.05. The van der Waals surface area contributed by atoms with Crippen LogP contribution in [0.4, 0.5) is 0 Å². The number of fused-ring (bicyclic) bond motifs is 1. The Hall–Kier alpha value is -2.21. The van der Waals surface area contributed by atoms with E-state index >= 15 is 0 Å². The van der Waals surface area contributed by atoms with Gasteiger partial charge in [0.1, 0.15) is 0 Å². The topological polar surface area (TPSA) is 43.6 Å². The molecule has 0 saturated carbocycles. The summed E-state index contributed by atoms with van der Waals surface area (Å²) >= 11 is 7.79. The first kappa shape index (κ1) is 19.5. The summed E-state index contributed by atoms with van der Waals surface area (Å²) in [4.78, 5) is 17.3. The Labute approximate surface area is 167 Å². The van der Waals surface area contributed by atoms with Crippen molar-refractivity contribution in [1.29, 1.82) is 0 Å². The average Bonchev–Trinajstić information content (AvgIpc) is 3.02. The normalized spacial score (nSPS) is 12.3. The van der Waals surface area contributed by atoms with Crippen LogP contribution in [0.25, 0.3) is 16.3 Å². The minimum Gasteiger partial charge on any atom is -0.380 e. The lowest BCUT2D eigenvalue weighted by Gasteiger charge is -2.08. The molecule has 0 bridgehead atoms. The van der Waals surface area contributed by atoms with E-state index < -0.39 is 0 Å². The Kier molecular flexibility index (Phi) is 6.61. The monoisotopic (exact) mass is 400 g/mol. The van der Waals surface area contributed by atoms with E-state index in [0.29, 0.717) is 29.6 Å². The molecule has 0 aliphatic carbocycles. The summed E-state index contributed by atoms with van der Waals surface area (Å²) in [5.41, 5.74) is 2.95. The Morgan fingerprint density at radius 2 is 2.04 bits per heavy atom. The van der Waals surface area contributed by atoms with Crippen LogP contribution in [-0.4, -0.2) is 23.7 Å². The van der Waals surface area contributed by atoms with Gasteiger partial charge in [-0.25, -0.2) is 0 Å². The third-order valence-corrected chi connectivity index (χ3v) is 5.57. The maximum Gasteiger partial charge on any atom is 0.272 e. The zero-order chi connectivity index (χ0) is 19.2. The van der Waals surface area contributed by atoms with Gasteiger partial charge in [-0.3, -0.25) is 4.79 Å². The zero-order valence-electron chi connectivity index (χ0n) is 15.3. The lowest BCUT2D eigenvalue weighted by Crippen LogP contribution is -2.19. The number of hydrogen-bond donors (Lipinski definition) is 0. The van der Waals surface area contributed by atoms with Crippen molar-refractivity contribution in [2.75, 3.05) is 13.2 Å². The van der Waals surface area contributed by atoms with Gasteiger partial charge < -0.3 is 9.30 Å². The zero-order valence-corrected chi connectivity index (χ0v) is 16.9. The van der Waals surface area contributed by atoms with Crippen molar-refractivity contribution in [2.45, 2.75) is 20.4 Å². The number of halogens is 1. The summed E-state index contributed by atoms with van der Waals surface area (Å²) in [6, 6.07) is 13.5. The second-order valence-electron chi connectivity index (χ2n) is 5.95. The largest absolute Gasteiger partial charge is 0.380 e. The minimum atomic E-state index is -0.292. The molecule has 27 heavy (non-hydrogen) atoms. The fraction of sp³-hybridized carbons (Fsp3) is 0.238. The Morgan fingerprint density at radius 1 is 1.26 bits per heavy atom. The van der Waals surface area contributed by atoms with Crippen LogP contribution in [0.5, 0.6) is 0 Å². The molecule has 0 atom stereocenters. The highest BCUT2D eigenvalue weighted by molar-refractivity contribution is 7.16. The number of carbonyl (C=O) groups is 1. The third kappa shape index (κ3) is 4.75. The van der Waals surface area contributed by atoms with Crippen LogP contribution >= 0.6 is 22.9 Å². The summed E-state index contributed by atoms with van der Waals surface area (Å²) in [6.45, 7) is 5.75. The number of amides is 1. The van der Waals surface area contributed by atoms with Gasteiger partial charge >= 0.3 is 0 Å². The number of aromatic nitrogens is 1. The SMILES string of the molecule is CCOCCn1c(=NC(=O)/C=C/c2ccccc2)sc2ccc(Cl)c(C)c21. The molecule has 4 nitrogen and oxygen atoms in total. The predicted molar refractivity (Wildman–Crippen MR) is 112 cm³/mol. The van der Waals surface area contributed by atoms with Gasteiger partial charge in [-0.15, -0.1) is 0 Å². The van der Waals surface area contributed by atoms with Gasteiger partial charge in [0.15, 0.2) is 4.80 Å². The van der Waals surface area contributed by atoms with Crippen LogP contribution in [0, 0.1) is 6.92 Å². The molecule has 1 amide bonds. The second-order valence-corrected chi connectivity index (χ2v) is 7.36. The molecule has 0 radical (unpaired) electrons. The molecule has 0 N–H and O–H groups in total. The number of thiazole rings is 1. The Morgan fingerprint density at radius 3 is 2.78 bits per heavy atom. The minimum absolute atomic E-state index is 0.292. The fourth-order valence-electron chi connectivity index (χ4n) is 2.77. The maximum atomic E-state index is 12.4. The molecule has 6 heteroatoms. The van der Waals surface area contributed by atoms with E-state index in [2.05, 4.69) is 4.99 Å². The lowest BCUT2D eigenvalue weighted by molar-refractivity contribution is -0.113. The van der Waals surface area contributed by atoms with Crippen molar-refractivity contribution in [3.8, 4) is 0 Å². The highest BCUT2D eigenvalue weighted by atomic mass is 35.5. The smallest absolute Gasteiger partial charge is 0.272 e. The number of benzene rings is 2. The van der Waals surface area contributed by atoms with E-state index in [1.54, 1.807) is 6.08 Å². The molecule has 3 rings (SSSR count). The third-order valence-electron chi connectivity index (χ3n) is 4.12. The van der Waals surface area contributed by atoms with Crippen LogP contribution in [0.15, 0.2) is 53.5 Å². The van der Waals surface area contributed by atoms with Gasteiger partial charge in [0.2, 0.25) is 0 Å². The number of carbonyl (C=O) groups excluding carboxylic acids is 1. The predicted octanol–water partition coefficient (Wildman–Crippen LogP) is 4.84. The van der Waals surface area contributed by atoms with Crippen molar-refractivity contribution in [1.82, 2.24) is 4.57 Å². The molecule has 0 aliphatic heterocycles. The molecular weight excluding hydrogens is 380 g/mol. The number of rotatable bonds is 6. The molecule has 0 spiro atoms. The molecule has 2 aromatic carbocycles. The molecule has 0 unspecified atom stereocenters. The van der Waals surface area contributed by atoms with Crippen LogP contribution in [0.1, 0.15) is 18.1 Å². The second kappa shape index (κ2) is 9.13. The van der Waals surface area contributed by atoms with Crippen molar-refractivity contribution >= 4 is 45.1 Å². The lowest BCUT2D eigenvalue weighted by atomic mass is 10.2. The number of aryl methyl sites for hydroxylation is 1. The standard InChI is InChI=1S/C21H21ClN2O2S/c1-3-26-14-13-24-20-15(2)17(22)10-11-18(20)27-21(24)23-19(25)12-9-16-7-5-4-6-8-16/h4-12H,3,13-14H2,1-2H3/b12-9+,23-21?. The van der Waals surface area contributed by atoms with Crippen LogP contribution in [0.3, 0.4) is 0 Å². The van der Waals surface area contributed by atoms with Gasteiger partial charge in [0.05, 0.1) is 16.8 Å². The van der Waals surface area contributed by atoms with E-state index in [0.717, 1.165) is 21.3 Å². The molecule has 0 fully saturated rings. The quantitative estimate of drug-likeness (QED) is 0.439. The van der Waals surface area contributed by atoms with Crippen LogP contribution in [-0.2, 0) is 16.1 Å².